The van der Waals surface area contributed by atoms with Crippen molar-refractivity contribution in [1.82, 2.24) is 0 Å². The van der Waals surface area contributed by atoms with Crippen molar-refractivity contribution in [2.75, 3.05) is 5.32 Å². The van der Waals surface area contributed by atoms with Gasteiger partial charge in [0.15, 0.2) is 7.28 Å². The summed E-state index contributed by atoms with van der Waals surface area (Å²) >= 11 is 0. The number of nitrogens with two attached hydrogens (primary N) is 1. The molecular weight excluding hydrogens is 271 g/mol. The van der Waals surface area contributed by atoms with E-state index in [0.29, 0.717) is 5.56 Å². The predicted octanol–water partition coefficient (Wildman–Crippen LogP) is 2.55. The Labute approximate surface area is 133 Å². The van der Waals surface area contributed by atoms with Crippen LogP contribution >= 0.6 is 0 Å². The van der Waals surface area contributed by atoms with Gasteiger partial charge in [0.1, 0.15) is 0 Å². The van der Waals surface area contributed by atoms with E-state index in [1.165, 1.54) is 11.0 Å². The second-order valence-electron chi connectivity index (χ2n) is 6.25. The molecule has 0 spiro atoms. The number of aryl methyl sites for hydroxylation is 1. The Kier molecular flexibility index (Phi) is 4.72. The lowest BCUT2D eigenvalue weighted by Gasteiger charge is -2.19. The molecule has 0 bridgehead atoms. The molecule has 0 radical (unpaired) electrons. The van der Waals surface area contributed by atoms with Gasteiger partial charge in [-0.3, -0.25) is 4.79 Å². The average Bonchev–Trinajstić information content (AvgIpc) is 2.48. The third-order valence-corrected chi connectivity index (χ3v) is 3.86. The molecule has 1 amide bonds. The first-order chi connectivity index (χ1) is 10.3. The highest BCUT2D eigenvalue weighted by Crippen LogP contribution is 2.18. The number of rotatable bonds is 4. The zero-order valence-corrected chi connectivity index (χ0v) is 13.7. The largest absolute Gasteiger partial charge is 0.322 e. The Bertz CT molecular complexity index is 690. The van der Waals surface area contributed by atoms with Crippen molar-refractivity contribution in [3.8, 4) is 0 Å². The van der Waals surface area contributed by atoms with Crippen LogP contribution in [0.5, 0.6) is 0 Å². The van der Waals surface area contributed by atoms with E-state index in [0.717, 1.165) is 18.5 Å². The molecular formula is C18H23BN2O. The Morgan fingerprint density at radius 2 is 1.91 bits per heavy atom. The fourth-order valence-electron chi connectivity index (χ4n) is 2.39. The van der Waals surface area contributed by atoms with Crippen LogP contribution in [0.15, 0.2) is 42.5 Å². The second kappa shape index (κ2) is 6.36. The second-order valence-corrected chi connectivity index (χ2v) is 6.25. The van der Waals surface area contributed by atoms with Crippen LogP contribution in [0.3, 0.4) is 0 Å². The molecule has 4 heteroatoms. The van der Waals surface area contributed by atoms with E-state index in [2.05, 4.69) is 19.1 Å². The number of nitrogens with one attached hydrogen (secondary N) is 1. The Hall–Kier alpha value is -2.07. The summed E-state index contributed by atoms with van der Waals surface area (Å²) in [5, 5.41) is 2.96. The van der Waals surface area contributed by atoms with Gasteiger partial charge in [-0.25, -0.2) is 0 Å². The van der Waals surface area contributed by atoms with E-state index < -0.39 is 5.54 Å². The third kappa shape index (κ3) is 3.77. The molecule has 22 heavy (non-hydrogen) atoms. The van der Waals surface area contributed by atoms with E-state index in [4.69, 9.17) is 5.73 Å². The summed E-state index contributed by atoms with van der Waals surface area (Å²) in [7, 11) is 0.951. The van der Waals surface area contributed by atoms with E-state index >= 15 is 0 Å². The van der Waals surface area contributed by atoms with E-state index in [-0.39, 0.29) is 5.91 Å². The monoisotopic (exact) mass is 294 g/mol. The Morgan fingerprint density at radius 1 is 1.18 bits per heavy atom. The number of amides is 1. The topological polar surface area (TPSA) is 55.1 Å². The van der Waals surface area contributed by atoms with Gasteiger partial charge in [0.2, 0.25) is 0 Å². The first kappa shape index (κ1) is 16.3. The highest BCUT2D eigenvalue weighted by molar-refractivity contribution is 6.52. The van der Waals surface area contributed by atoms with Crippen LogP contribution in [-0.2, 0) is 5.54 Å². The molecule has 3 nitrogen and oxygen atoms in total. The molecule has 0 fully saturated rings. The maximum absolute atomic E-state index is 12.4. The van der Waals surface area contributed by atoms with Crippen LogP contribution in [0.1, 0.15) is 35.3 Å². The van der Waals surface area contributed by atoms with Crippen molar-refractivity contribution in [2.45, 2.75) is 33.1 Å². The van der Waals surface area contributed by atoms with Crippen LogP contribution < -0.4 is 16.5 Å². The van der Waals surface area contributed by atoms with Gasteiger partial charge in [0, 0.05) is 16.8 Å². The fraction of sp³-hybridized carbons (Fsp3) is 0.278. The number of anilines is 1. The minimum absolute atomic E-state index is 0.114. The predicted molar refractivity (Wildman–Crippen MR) is 95.4 cm³/mol. The van der Waals surface area contributed by atoms with Gasteiger partial charge in [-0.2, -0.15) is 0 Å². The summed E-state index contributed by atoms with van der Waals surface area (Å²) < 4.78 is 0. The molecule has 0 heterocycles. The van der Waals surface area contributed by atoms with Gasteiger partial charge in [-0.05, 0) is 50.6 Å². The summed E-state index contributed by atoms with van der Waals surface area (Å²) in [6.07, 6.45) is 0. The number of carbonyl (C=O) groups is 1. The van der Waals surface area contributed by atoms with Gasteiger partial charge in [-0.1, -0.05) is 36.0 Å². The number of hydrogen-bond acceptors (Lipinski definition) is 2. The Morgan fingerprint density at radius 3 is 2.55 bits per heavy atom. The van der Waals surface area contributed by atoms with Crippen molar-refractivity contribution in [3.63, 3.8) is 0 Å². The molecule has 2 aromatic carbocycles. The lowest BCUT2D eigenvalue weighted by atomic mass is 9.71. The van der Waals surface area contributed by atoms with Crippen LogP contribution in [0.4, 0.5) is 5.69 Å². The van der Waals surface area contributed by atoms with E-state index in [1.54, 1.807) is 6.07 Å². The quantitative estimate of drug-likeness (QED) is 0.851. The summed E-state index contributed by atoms with van der Waals surface area (Å²) in [5.74, 6) is -0.114. The molecule has 0 saturated carbocycles. The van der Waals surface area contributed by atoms with Crippen molar-refractivity contribution >= 4 is 24.3 Å². The third-order valence-electron chi connectivity index (χ3n) is 3.86. The Balaban J connectivity index is 2.23. The molecule has 0 aliphatic carbocycles. The molecule has 0 aliphatic heterocycles. The molecule has 0 atom stereocenters. The molecule has 3 N–H and O–H groups in total. The van der Waals surface area contributed by atoms with Gasteiger partial charge >= 0.3 is 0 Å². The number of benzene rings is 2. The zero-order chi connectivity index (χ0) is 16.3. The molecule has 0 unspecified atom stereocenters. The summed E-state index contributed by atoms with van der Waals surface area (Å²) in [6, 6.07) is 13.5. The van der Waals surface area contributed by atoms with Crippen molar-refractivity contribution in [2.24, 2.45) is 5.73 Å². The van der Waals surface area contributed by atoms with Gasteiger partial charge in [-0.15, -0.1) is 0 Å². The number of hydrogen-bond donors (Lipinski definition) is 2. The highest BCUT2D eigenvalue weighted by Gasteiger charge is 2.16. The maximum Gasteiger partial charge on any atom is 0.255 e. The standard InChI is InChI=1S/C18H23BN2O/c1-12-8-9-15(11-16(12)19-4)21-17(22)13-6-5-7-14(10-13)18(2,3)20/h5-11,19H,20H2,1-4H3,(H,21,22). The van der Waals surface area contributed by atoms with Gasteiger partial charge < -0.3 is 11.1 Å². The lowest BCUT2D eigenvalue weighted by molar-refractivity contribution is 0.102. The lowest BCUT2D eigenvalue weighted by Crippen LogP contribution is -2.29. The van der Waals surface area contributed by atoms with Gasteiger partial charge in [0.05, 0.1) is 0 Å². The van der Waals surface area contributed by atoms with Gasteiger partial charge in [0.25, 0.3) is 5.91 Å². The highest BCUT2D eigenvalue weighted by atomic mass is 16.1. The van der Waals surface area contributed by atoms with Crippen molar-refractivity contribution in [3.05, 3.63) is 59.2 Å². The molecule has 0 aromatic heterocycles. The number of carbonyl (C=O) groups excluding carboxylic acids is 1. The minimum atomic E-state index is -0.463. The molecule has 2 aromatic rings. The SMILES string of the molecule is CBc1cc(NC(=O)c2cccc(C(C)(C)N)c2)ccc1C. The van der Waals surface area contributed by atoms with Crippen molar-refractivity contribution < 1.29 is 4.79 Å². The minimum Gasteiger partial charge on any atom is -0.322 e. The molecule has 0 aliphatic rings. The normalized spacial score (nSPS) is 11.1. The van der Waals surface area contributed by atoms with Crippen LogP contribution in [-0.4, -0.2) is 13.2 Å². The molecule has 114 valence electrons. The first-order valence-corrected chi connectivity index (χ1v) is 7.61. The molecule has 0 saturated heterocycles. The summed E-state index contributed by atoms with van der Waals surface area (Å²) in [6.45, 7) is 8.05. The fourth-order valence-corrected chi connectivity index (χ4v) is 2.39. The summed E-state index contributed by atoms with van der Waals surface area (Å²) in [4.78, 5) is 12.4. The maximum atomic E-state index is 12.4. The smallest absolute Gasteiger partial charge is 0.255 e. The van der Waals surface area contributed by atoms with Crippen LogP contribution in [0.25, 0.3) is 0 Å². The first-order valence-electron chi connectivity index (χ1n) is 7.61. The average molecular weight is 294 g/mol. The van der Waals surface area contributed by atoms with Crippen LogP contribution in [0, 0.1) is 6.92 Å². The molecule has 2 rings (SSSR count). The van der Waals surface area contributed by atoms with E-state index in [9.17, 15) is 4.79 Å². The van der Waals surface area contributed by atoms with E-state index in [1.807, 2.05) is 50.2 Å². The summed E-state index contributed by atoms with van der Waals surface area (Å²) in [5.41, 5.74) is 10.5. The van der Waals surface area contributed by atoms with Crippen LogP contribution in [0.2, 0.25) is 6.82 Å². The zero-order valence-electron chi connectivity index (χ0n) is 13.7. The van der Waals surface area contributed by atoms with Crippen molar-refractivity contribution in [1.29, 1.82) is 0 Å².